The lowest BCUT2D eigenvalue weighted by Gasteiger charge is -2.33. The van der Waals surface area contributed by atoms with Crippen molar-refractivity contribution < 1.29 is 18.4 Å². The van der Waals surface area contributed by atoms with Gasteiger partial charge in [-0.05, 0) is 29.5 Å². The smallest absolute Gasteiger partial charge is 0.261 e. The third-order valence-corrected chi connectivity index (χ3v) is 6.30. The van der Waals surface area contributed by atoms with Crippen molar-refractivity contribution in [3.05, 3.63) is 60.2 Å². The lowest BCUT2D eigenvalue weighted by atomic mass is 10.0. The SMILES string of the molecule is O=C(NO)[C@H]1CCCS(=O)(=O)N1Cc1ccc(-c2ccccc2)cc1. The highest BCUT2D eigenvalue weighted by atomic mass is 32.2. The molecular weight excluding hydrogens is 340 g/mol. The first-order valence-corrected chi connectivity index (χ1v) is 9.70. The summed E-state index contributed by atoms with van der Waals surface area (Å²) in [6.07, 6.45) is 0.803. The van der Waals surface area contributed by atoms with Crippen LogP contribution in [0.15, 0.2) is 54.6 Å². The van der Waals surface area contributed by atoms with Crippen molar-refractivity contribution in [3.8, 4) is 11.1 Å². The van der Waals surface area contributed by atoms with E-state index in [-0.39, 0.29) is 12.3 Å². The second-order valence-corrected chi connectivity index (χ2v) is 8.10. The maximum absolute atomic E-state index is 12.4. The summed E-state index contributed by atoms with van der Waals surface area (Å²) in [5, 5.41) is 8.88. The molecule has 1 saturated heterocycles. The molecule has 0 spiro atoms. The molecule has 2 N–H and O–H groups in total. The van der Waals surface area contributed by atoms with Crippen LogP contribution in [0.5, 0.6) is 0 Å². The van der Waals surface area contributed by atoms with E-state index in [1.807, 2.05) is 54.6 Å². The molecule has 1 aliphatic heterocycles. The molecule has 25 heavy (non-hydrogen) atoms. The number of rotatable bonds is 4. The molecule has 0 saturated carbocycles. The fourth-order valence-electron chi connectivity index (χ4n) is 3.07. The third kappa shape index (κ3) is 3.89. The van der Waals surface area contributed by atoms with Gasteiger partial charge >= 0.3 is 0 Å². The Morgan fingerprint density at radius 2 is 1.72 bits per heavy atom. The minimum atomic E-state index is -3.53. The van der Waals surface area contributed by atoms with Crippen molar-refractivity contribution in [3.63, 3.8) is 0 Å². The number of carbonyl (C=O) groups is 1. The molecule has 7 heteroatoms. The highest BCUT2D eigenvalue weighted by Crippen LogP contribution is 2.25. The number of amides is 1. The highest BCUT2D eigenvalue weighted by molar-refractivity contribution is 7.89. The van der Waals surface area contributed by atoms with Crippen molar-refractivity contribution in [2.45, 2.75) is 25.4 Å². The Labute approximate surface area is 147 Å². The van der Waals surface area contributed by atoms with Gasteiger partial charge in [0.1, 0.15) is 6.04 Å². The van der Waals surface area contributed by atoms with Crippen LogP contribution in [0, 0.1) is 0 Å². The van der Waals surface area contributed by atoms with Crippen LogP contribution in [0.25, 0.3) is 11.1 Å². The van der Waals surface area contributed by atoms with Gasteiger partial charge < -0.3 is 0 Å². The minimum Gasteiger partial charge on any atom is -0.289 e. The third-order valence-electron chi connectivity index (χ3n) is 4.40. The number of sulfonamides is 1. The quantitative estimate of drug-likeness (QED) is 0.646. The number of nitrogens with one attached hydrogen (secondary N) is 1. The Kier molecular flexibility index (Phi) is 5.17. The lowest BCUT2D eigenvalue weighted by Crippen LogP contribution is -2.51. The van der Waals surface area contributed by atoms with Gasteiger partial charge in [-0.1, -0.05) is 54.6 Å². The maximum atomic E-state index is 12.4. The first-order chi connectivity index (χ1) is 12.0. The average molecular weight is 360 g/mol. The molecule has 1 atom stereocenters. The first kappa shape index (κ1) is 17.6. The van der Waals surface area contributed by atoms with Crippen LogP contribution < -0.4 is 5.48 Å². The maximum Gasteiger partial charge on any atom is 0.261 e. The Bertz CT molecular complexity index is 835. The molecule has 1 heterocycles. The van der Waals surface area contributed by atoms with Crippen LogP contribution >= 0.6 is 0 Å². The van der Waals surface area contributed by atoms with Crippen LogP contribution in [0.1, 0.15) is 18.4 Å². The zero-order chi connectivity index (χ0) is 17.9. The predicted octanol–water partition coefficient (Wildman–Crippen LogP) is 2.15. The van der Waals surface area contributed by atoms with E-state index in [4.69, 9.17) is 5.21 Å². The molecular formula is C18H20N2O4S. The summed E-state index contributed by atoms with van der Waals surface area (Å²) >= 11 is 0. The largest absolute Gasteiger partial charge is 0.289 e. The number of carbonyl (C=O) groups excluding carboxylic acids is 1. The van der Waals surface area contributed by atoms with Crippen LogP contribution in [0.4, 0.5) is 0 Å². The molecule has 132 valence electrons. The summed E-state index contributed by atoms with van der Waals surface area (Å²) in [5.41, 5.74) is 4.48. The number of benzene rings is 2. The summed E-state index contributed by atoms with van der Waals surface area (Å²) in [6.45, 7) is 0.107. The van der Waals surface area contributed by atoms with Crippen molar-refractivity contribution in [2.75, 3.05) is 5.75 Å². The second-order valence-electron chi connectivity index (χ2n) is 6.06. The molecule has 6 nitrogen and oxygen atoms in total. The number of hydrogen-bond donors (Lipinski definition) is 2. The number of hydroxylamine groups is 1. The molecule has 2 aromatic carbocycles. The molecule has 2 aromatic rings. The molecule has 0 radical (unpaired) electrons. The van der Waals surface area contributed by atoms with E-state index in [1.54, 1.807) is 5.48 Å². The van der Waals surface area contributed by atoms with Crippen molar-refractivity contribution >= 4 is 15.9 Å². The topological polar surface area (TPSA) is 86.7 Å². The fraction of sp³-hybridized carbons (Fsp3) is 0.278. The van der Waals surface area contributed by atoms with Crippen molar-refractivity contribution in [1.82, 2.24) is 9.79 Å². The van der Waals surface area contributed by atoms with Gasteiger partial charge in [-0.2, -0.15) is 4.31 Å². The van der Waals surface area contributed by atoms with Gasteiger partial charge in [-0.25, -0.2) is 13.9 Å². The van der Waals surface area contributed by atoms with Gasteiger partial charge in [0.05, 0.1) is 5.75 Å². The molecule has 0 aliphatic carbocycles. The van der Waals surface area contributed by atoms with E-state index in [0.29, 0.717) is 12.8 Å². The molecule has 0 aromatic heterocycles. The Balaban J connectivity index is 1.83. The van der Waals surface area contributed by atoms with E-state index >= 15 is 0 Å². The Morgan fingerprint density at radius 3 is 2.36 bits per heavy atom. The highest BCUT2D eigenvalue weighted by Gasteiger charge is 2.38. The molecule has 1 fully saturated rings. The van der Waals surface area contributed by atoms with E-state index in [2.05, 4.69) is 0 Å². The van der Waals surface area contributed by atoms with Crippen LogP contribution in [0.3, 0.4) is 0 Å². The average Bonchev–Trinajstić information content (AvgIpc) is 2.64. The molecule has 0 bridgehead atoms. The Morgan fingerprint density at radius 1 is 1.08 bits per heavy atom. The van der Waals surface area contributed by atoms with Gasteiger partial charge in [0.15, 0.2) is 0 Å². The van der Waals surface area contributed by atoms with Crippen LogP contribution in [0.2, 0.25) is 0 Å². The van der Waals surface area contributed by atoms with Crippen LogP contribution in [-0.2, 0) is 21.4 Å². The predicted molar refractivity (Wildman–Crippen MR) is 94.2 cm³/mol. The van der Waals surface area contributed by atoms with E-state index in [9.17, 15) is 13.2 Å². The second kappa shape index (κ2) is 7.35. The van der Waals surface area contributed by atoms with Crippen LogP contribution in [-0.4, -0.2) is 35.6 Å². The number of nitrogens with zero attached hydrogens (tertiary/aromatic N) is 1. The number of hydrogen-bond acceptors (Lipinski definition) is 4. The standard InChI is InChI=1S/C18H20N2O4S/c21-18(19-22)17-7-4-12-25(23,24)20(17)13-14-8-10-16(11-9-14)15-5-2-1-3-6-15/h1-3,5-6,8-11,17,22H,4,7,12-13H2,(H,19,21)/t17-/m1/s1. The van der Waals surface area contributed by atoms with Crippen molar-refractivity contribution in [2.24, 2.45) is 0 Å². The van der Waals surface area contributed by atoms with Gasteiger partial charge in [0.25, 0.3) is 5.91 Å². The normalized spacial score (nSPS) is 20.1. The van der Waals surface area contributed by atoms with E-state index in [0.717, 1.165) is 16.7 Å². The van der Waals surface area contributed by atoms with E-state index in [1.165, 1.54) is 4.31 Å². The van der Waals surface area contributed by atoms with Gasteiger partial charge in [-0.15, -0.1) is 0 Å². The zero-order valence-corrected chi connectivity index (χ0v) is 14.4. The van der Waals surface area contributed by atoms with E-state index < -0.39 is 22.0 Å². The van der Waals surface area contributed by atoms with Gasteiger partial charge in [-0.3, -0.25) is 10.0 Å². The lowest BCUT2D eigenvalue weighted by molar-refractivity contribution is -0.133. The summed E-state index contributed by atoms with van der Waals surface area (Å²) in [5.74, 6) is -0.672. The molecule has 1 aliphatic rings. The summed E-state index contributed by atoms with van der Waals surface area (Å²) in [4.78, 5) is 11.8. The summed E-state index contributed by atoms with van der Waals surface area (Å²) in [7, 11) is -3.53. The molecule has 3 rings (SSSR count). The minimum absolute atomic E-state index is 0.0182. The van der Waals surface area contributed by atoms with Gasteiger partial charge in [0.2, 0.25) is 10.0 Å². The zero-order valence-electron chi connectivity index (χ0n) is 13.6. The molecule has 0 unspecified atom stereocenters. The first-order valence-electron chi connectivity index (χ1n) is 8.09. The van der Waals surface area contributed by atoms with Crippen molar-refractivity contribution in [1.29, 1.82) is 0 Å². The summed E-state index contributed by atoms with van der Waals surface area (Å²) < 4.78 is 25.9. The monoisotopic (exact) mass is 360 g/mol. The fourth-order valence-corrected chi connectivity index (χ4v) is 4.77. The van der Waals surface area contributed by atoms with Gasteiger partial charge in [0, 0.05) is 6.54 Å². The molecule has 1 amide bonds. The summed E-state index contributed by atoms with van der Waals surface area (Å²) in [6, 6.07) is 16.6. The Hall–Kier alpha value is -2.22.